The Bertz CT molecular complexity index is 951. The lowest BCUT2D eigenvalue weighted by atomic mass is 10.2. The van der Waals surface area contributed by atoms with Gasteiger partial charge in [-0.15, -0.1) is 0 Å². The van der Waals surface area contributed by atoms with Gasteiger partial charge in [0, 0.05) is 30.8 Å². The molecule has 0 spiro atoms. The van der Waals surface area contributed by atoms with Crippen molar-refractivity contribution in [3.63, 3.8) is 0 Å². The van der Waals surface area contributed by atoms with Crippen molar-refractivity contribution in [2.24, 2.45) is 0 Å². The first-order valence-corrected chi connectivity index (χ1v) is 11.1. The monoisotopic (exact) mass is 461 g/mol. The first kappa shape index (κ1) is 23.7. The van der Waals surface area contributed by atoms with Gasteiger partial charge in [-0.3, -0.25) is 4.79 Å². The first-order chi connectivity index (χ1) is 15.5. The molecule has 2 aromatic rings. The van der Waals surface area contributed by atoms with E-state index in [0.29, 0.717) is 47.7 Å². The van der Waals surface area contributed by atoms with E-state index < -0.39 is 11.7 Å². The normalized spacial score (nSPS) is 15.2. The minimum absolute atomic E-state index is 0.153. The number of hydrogen-bond donors (Lipinski definition) is 3. The third-order valence-corrected chi connectivity index (χ3v) is 5.03. The number of ether oxygens (including phenoxy) is 3. The lowest BCUT2D eigenvalue weighted by Gasteiger charge is -2.19. The van der Waals surface area contributed by atoms with Crippen LogP contribution >= 0.6 is 12.2 Å². The Hall–Kier alpha value is -2.91. The Morgan fingerprint density at radius 3 is 2.41 bits per heavy atom. The second-order valence-electron chi connectivity index (χ2n) is 7.15. The van der Waals surface area contributed by atoms with E-state index in [4.69, 9.17) is 26.4 Å². The first-order valence-electron chi connectivity index (χ1n) is 10.7. The predicted molar refractivity (Wildman–Crippen MR) is 126 cm³/mol. The third kappa shape index (κ3) is 6.54. The van der Waals surface area contributed by atoms with Crippen LogP contribution < -0.4 is 25.4 Å². The molecular formula is C23H28FN3O4S. The van der Waals surface area contributed by atoms with Crippen LogP contribution in [-0.4, -0.2) is 43.5 Å². The fourth-order valence-corrected chi connectivity index (χ4v) is 3.50. The van der Waals surface area contributed by atoms with Crippen molar-refractivity contribution >= 4 is 34.6 Å². The van der Waals surface area contributed by atoms with Gasteiger partial charge in [0.25, 0.3) is 5.91 Å². The number of halogens is 1. The summed E-state index contributed by atoms with van der Waals surface area (Å²) < 4.78 is 30.6. The molecule has 9 heteroatoms. The molecule has 3 rings (SSSR count). The number of thiocarbonyl (C=S) groups is 1. The quantitative estimate of drug-likeness (QED) is 0.479. The number of benzene rings is 2. The van der Waals surface area contributed by atoms with Crippen LogP contribution in [0.1, 0.15) is 37.0 Å². The highest BCUT2D eigenvalue weighted by atomic mass is 32.1. The van der Waals surface area contributed by atoms with E-state index in [0.717, 1.165) is 19.4 Å². The fraction of sp³-hybridized carbons (Fsp3) is 0.391. The lowest BCUT2D eigenvalue weighted by molar-refractivity contribution is 0.102. The molecule has 0 aliphatic carbocycles. The Morgan fingerprint density at radius 2 is 1.81 bits per heavy atom. The largest absolute Gasteiger partial charge is 0.492 e. The molecule has 172 valence electrons. The molecule has 1 fully saturated rings. The van der Waals surface area contributed by atoms with Crippen LogP contribution in [0.2, 0.25) is 0 Å². The molecule has 7 nitrogen and oxygen atoms in total. The smallest absolute Gasteiger partial charge is 0.255 e. The maximum Gasteiger partial charge on any atom is 0.255 e. The van der Waals surface area contributed by atoms with Gasteiger partial charge in [0.05, 0.1) is 30.7 Å². The zero-order valence-corrected chi connectivity index (χ0v) is 19.0. The molecule has 1 saturated heterocycles. The van der Waals surface area contributed by atoms with Crippen LogP contribution in [-0.2, 0) is 4.74 Å². The average Bonchev–Trinajstić information content (AvgIpc) is 3.29. The highest BCUT2D eigenvalue weighted by Crippen LogP contribution is 2.37. The number of carbonyl (C=O) groups is 1. The maximum atomic E-state index is 13.5. The zero-order valence-electron chi connectivity index (χ0n) is 18.2. The highest BCUT2D eigenvalue weighted by molar-refractivity contribution is 7.80. The SMILES string of the molecule is CCOc1cc(NC(=S)NCC2CCCO2)c(OCC)cc1NC(=O)c1cccc(F)c1. The molecule has 0 bridgehead atoms. The van der Waals surface area contributed by atoms with Gasteiger partial charge < -0.3 is 30.2 Å². The van der Waals surface area contributed by atoms with Crippen molar-refractivity contribution in [1.29, 1.82) is 0 Å². The van der Waals surface area contributed by atoms with E-state index >= 15 is 0 Å². The van der Waals surface area contributed by atoms with Crippen LogP contribution in [0.4, 0.5) is 15.8 Å². The summed E-state index contributed by atoms with van der Waals surface area (Å²) in [5, 5.41) is 9.50. The maximum absolute atomic E-state index is 13.5. The summed E-state index contributed by atoms with van der Waals surface area (Å²) in [7, 11) is 0. The van der Waals surface area contributed by atoms with Gasteiger partial charge in [0.2, 0.25) is 0 Å². The minimum Gasteiger partial charge on any atom is -0.492 e. The molecule has 32 heavy (non-hydrogen) atoms. The van der Waals surface area contributed by atoms with E-state index in [1.807, 2.05) is 13.8 Å². The van der Waals surface area contributed by atoms with Gasteiger partial charge in [-0.25, -0.2) is 4.39 Å². The van der Waals surface area contributed by atoms with Crippen molar-refractivity contribution in [1.82, 2.24) is 5.32 Å². The van der Waals surface area contributed by atoms with Gasteiger partial charge >= 0.3 is 0 Å². The number of carbonyl (C=O) groups excluding carboxylic acids is 1. The molecule has 1 aliphatic rings. The van der Waals surface area contributed by atoms with E-state index in [1.54, 1.807) is 12.1 Å². The predicted octanol–water partition coefficient (Wildman–Crippen LogP) is 4.34. The summed E-state index contributed by atoms with van der Waals surface area (Å²) >= 11 is 5.42. The Labute approximate surface area is 192 Å². The van der Waals surface area contributed by atoms with Crippen molar-refractivity contribution in [3.05, 3.63) is 47.8 Å². The van der Waals surface area contributed by atoms with Crippen LogP contribution in [0.15, 0.2) is 36.4 Å². The minimum atomic E-state index is -0.485. The van der Waals surface area contributed by atoms with Crippen molar-refractivity contribution in [3.8, 4) is 11.5 Å². The van der Waals surface area contributed by atoms with Crippen molar-refractivity contribution in [2.45, 2.75) is 32.8 Å². The molecule has 0 aromatic heterocycles. The molecule has 1 amide bonds. The molecule has 1 unspecified atom stereocenters. The highest BCUT2D eigenvalue weighted by Gasteiger charge is 2.18. The number of hydrogen-bond acceptors (Lipinski definition) is 5. The molecule has 1 atom stereocenters. The van der Waals surface area contributed by atoms with E-state index in [9.17, 15) is 9.18 Å². The van der Waals surface area contributed by atoms with Crippen LogP contribution in [0, 0.1) is 5.82 Å². The molecule has 1 aliphatic heterocycles. The Balaban J connectivity index is 1.79. The van der Waals surface area contributed by atoms with Gasteiger partial charge in [0.1, 0.15) is 17.3 Å². The fourth-order valence-electron chi connectivity index (χ4n) is 3.31. The molecule has 1 heterocycles. The van der Waals surface area contributed by atoms with Gasteiger partial charge in [-0.05, 0) is 57.1 Å². The number of anilines is 2. The lowest BCUT2D eigenvalue weighted by Crippen LogP contribution is -2.34. The Kier molecular flexibility index (Phi) is 8.64. The summed E-state index contributed by atoms with van der Waals surface area (Å²) in [6, 6.07) is 8.86. The second kappa shape index (κ2) is 11.6. The molecule has 2 aromatic carbocycles. The van der Waals surface area contributed by atoms with E-state index in [2.05, 4.69) is 16.0 Å². The molecule has 0 saturated carbocycles. The van der Waals surface area contributed by atoms with Gasteiger partial charge in [-0.1, -0.05) is 6.07 Å². The van der Waals surface area contributed by atoms with E-state index in [1.165, 1.54) is 24.3 Å². The summed E-state index contributed by atoms with van der Waals surface area (Å²) in [5.41, 5.74) is 1.21. The standard InChI is InChI=1S/C23H28FN3O4S/c1-3-29-20-13-19(27-23(32)25-14-17-9-6-10-31-17)21(30-4-2)12-18(20)26-22(28)15-7-5-8-16(24)11-15/h5,7-8,11-13,17H,3-4,6,9-10,14H2,1-2H3,(H,26,28)(H2,25,27,32). The topological polar surface area (TPSA) is 80.8 Å². The van der Waals surface area contributed by atoms with E-state index in [-0.39, 0.29) is 11.7 Å². The molecule has 3 N–H and O–H groups in total. The summed E-state index contributed by atoms with van der Waals surface area (Å²) in [4.78, 5) is 12.6. The summed E-state index contributed by atoms with van der Waals surface area (Å²) in [6.45, 7) is 5.90. The Morgan fingerprint density at radius 1 is 1.12 bits per heavy atom. The average molecular weight is 462 g/mol. The van der Waals surface area contributed by atoms with Gasteiger partial charge in [0.15, 0.2) is 5.11 Å². The summed E-state index contributed by atoms with van der Waals surface area (Å²) in [5.74, 6) is -0.0134. The number of amides is 1. The number of rotatable bonds is 9. The molecule has 0 radical (unpaired) electrons. The summed E-state index contributed by atoms with van der Waals surface area (Å²) in [6.07, 6.45) is 2.22. The second-order valence-corrected chi connectivity index (χ2v) is 7.55. The zero-order chi connectivity index (χ0) is 22.9. The van der Waals surface area contributed by atoms with Crippen LogP contribution in [0.3, 0.4) is 0 Å². The third-order valence-electron chi connectivity index (χ3n) is 4.78. The van der Waals surface area contributed by atoms with Gasteiger partial charge in [-0.2, -0.15) is 0 Å². The van der Waals surface area contributed by atoms with Crippen molar-refractivity contribution in [2.75, 3.05) is 37.0 Å². The number of nitrogens with one attached hydrogen (secondary N) is 3. The van der Waals surface area contributed by atoms with Crippen LogP contribution in [0.25, 0.3) is 0 Å². The molecular weight excluding hydrogens is 433 g/mol. The van der Waals surface area contributed by atoms with Crippen molar-refractivity contribution < 1.29 is 23.4 Å². The van der Waals surface area contributed by atoms with Crippen LogP contribution in [0.5, 0.6) is 11.5 Å².